The Morgan fingerprint density at radius 2 is 1.85 bits per heavy atom. The number of para-hydroxylation sites is 2. The first kappa shape index (κ1) is 17.5. The molecule has 140 valence electrons. The molecule has 2 amide bonds. The van der Waals surface area contributed by atoms with Gasteiger partial charge in [0.05, 0.1) is 11.6 Å². The van der Waals surface area contributed by atoms with Crippen LogP contribution in [0.3, 0.4) is 0 Å². The van der Waals surface area contributed by atoms with Gasteiger partial charge >= 0.3 is 0 Å². The largest absolute Gasteiger partial charge is 0.485 e. The quantitative estimate of drug-likeness (QED) is 0.858. The van der Waals surface area contributed by atoms with E-state index in [0.29, 0.717) is 30.9 Å². The van der Waals surface area contributed by atoms with E-state index >= 15 is 0 Å². The number of amides is 2. The maximum absolute atomic E-state index is 13.2. The van der Waals surface area contributed by atoms with Crippen LogP contribution in [0.4, 0.5) is 5.69 Å². The molecule has 0 aliphatic carbocycles. The molecule has 0 unspecified atom stereocenters. The van der Waals surface area contributed by atoms with Gasteiger partial charge in [-0.3, -0.25) is 9.59 Å². The summed E-state index contributed by atoms with van der Waals surface area (Å²) in [5, 5.41) is 6.04. The number of likely N-dealkylation sites (N-methyl/N-ethyl adjacent to an activating group) is 1. The molecule has 2 N–H and O–H groups in total. The Morgan fingerprint density at radius 3 is 2.56 bits per heavy atom. The summed E-state index contributed by atoms with van der Waals surface area (Å²) in [6.07, 6.45) is 0.0470. The van der Waals surface area contributed by atoms with Gasteiger partial charge in [0.1, 0.15) is 17.9 Å². The second-order valence-corrected chi connectivity index (χ2v) is 7.05. The zero-order valence-corrected chi connectivity index (χ0v) is 15.2. The number of hydrogen-bond donors (Lipinski definition) is 2. The highest BCUT2D eigenvalue weighted by Gasteiger charge is 2.39. The average Bonchev–Trinajstić information content (AvgIpc) is 2.72. The Kier molecular flexibility index (Phi) is 4.81. The summed E-state index contributed by atoms with van der Waals surface area (Å²) in [5.41, 5.74) is 1.77. The summed E-state index contributed by atoms with van der Waals surface area (Å²) >= 11 is 0. The second-order valence-electron chi connectivity index (χ2n) is 7.05. The van der Waals surface area contributed by atoms with Crippen LogP contribution in [0.1, 0.15) is 5.56 Å². The highest BCUT2D eigenvalue weighted by Crippen LogP contribution is 2.33. The Morgan fingerprint density at radius 1 is 1.15 bits per heavy atom. The number of hydrogen-bond acceptors (Lipinski definition) is 4. The van der Waals surface area contributed by atoms with Crippen molar-refractivity contribution in [1.29, 1.82) is 0 Å². The molecule has 2 aliphatic rings. The number of anilines is 1. The van der Waals surface area contributed by atoms with E-state index in [2.05, 4.69) is 10.6 Å². The van der Waals surface area contributed by atoms with Gasteiger partial charge in [0, 0.05) is 26.6 Å². The van der Waals surface area contributed by atoms with Crippen molar-refractivity contribution in [2.24, 2.45) is 5.92 Å². The van der Waals surface area contributed by atoms with Crippen molar-refractivity contribution in [3.05, 3.63) is 60.2 Å². The van der Waals surface area contributed by atoms with Crippen LogP contribution in [0, 0.1) is 5.92 Å². The number of rotatable bonds is 4. The molecule has 6 heteroatoms. The maximum Gasteiger partial charge on any atom is 0.253 e. The van der Waals surface area contributed by atoms with Crippen molar-refractivity contribution in [2.45, 2.75) is 18.6 Å². The van der Waals surface area contributed by atoms with Gasteiger partial charge in [0.15, 0.2) is 0 Å². The van der Waals surface area contributed by atoms with Crippen LogP contribution in [0.5, 0.6) is 5.75 Å². The highest BCUT2D eigenvalue weighted by molar-refractivity contribution is 6.01. The molecule has 2 aliphatic heterocycles. The minimum Gasteiger partial charge on any atom is -0.485 e. The minimum absolute atomic E-state index is 0.0916. The topological polar surface area (TPSA) is 70.7 Å². The molecule has 0 saturated carbocycles. The van der Waals surface area contributed by atoms with Crippen molar-refractivity contribution in [3.8, 4) is 5.75 Å². The lowest BCUT2D eigenvalue weighted by Crippen LogP contribution is -2.59. The van der Waals surface area contributed by atoms with E-state index < -0.39 is 12.1 Å². The smallest absolute Gasteiger partial charge is 0.253 e. The number of benzene rings is 2. The maximum atomic E-state index is 13.2. The molecule has 0 aromatic heterocycles. The second kappa shape index (κ2) is 7.40. The van der Waals surface area contributed by atoms with Crippen molar-refractivity contribution >= 4 is 17.5 Å². The summed E-state index contributed by atoms with van der Waals surface area (Å²) in [5.74, 6) is 0.289. The third-order valence-electron chi connectivity index (χ3n) is 5.20. The van der Waals surface area contributed by atoms with E-state index in [1.165, 1.54) is 0 Å². The SMILES string of the molecule is CN1C(=O)[C@@H](NC(=O)C2CNC2)[C@H](Cc2ccccc2)Oc2ccccc21. The van der Waals surface area contributed by atoms with Gasteiger partial charge in [-0.2, -0.15) is 0 Å². The molecule has 1 fully saturated rings. The van der Waals surface area contributed by atoms with Crippen LogP contribution >= 0.6 is 0 Å². The summed E-state index contributed by atoms with van der Waals surface area (Å²) < 4.78 is 6.25. The fraction of sp³-hybridized carbons (Fsp3) is 0.333. The molecule has 0 radical (unpaired) electrons. The molecule has 0 bridgehead atoms. The Balaban J connectivity index is 1.65. The molecule has 2 atom stereocenters. The number of carbonyl (C=O) groups excluding carboxylic acids is 2. The van der Waals surface area contributed by atoms with Crippen LogP contribution in [-0.2, 0) is 16.0 Å². The fourth-order valence-electron chi connectivity index (χ4n) is 3.46. The van der Waals surface area contributed by atoms with E-state index in [9.17, 15) is 9.59 Å². The monoisotopic (exact) mass is 365 g/mol. The summed E-state index contributed by atoms with van der Waals surface area (Å²) in [7, 11) is 1.72. The molecule has 0 spiro atoms. The third-order valence-corrected chi connectivity index (χ3v) is 5.20. The van der Waals surface area contributed by atoms with Gasteiger partial charge in [-0.15, -0.1) is 0 Å². The normalized spacial score (nSPS) is 22.3. The zero-order chi connectivity index (χ0) is 18.8. The third kappa shape index (κ3) is 3.53. The molecule has 6 nitrogen and oxygen atoms in total. The number of nitrogens with zero attached hydrogens (tertiary/aromatic N) is 1. The summed E-state index contributed by atoms with van der Waals surface area (Å²) in [4.78, 5) is 27.3. The van der Waals surface area contributed by atoms with E-state index in [1.54, 1.807) is 11.9 Å². The predicted molar refractivity (Wildman–Crippen MR) is 103 cm³/mol. The van der Waals surface area contributed by atoms with Crippen LogP contribution in [0.2, 0.25) is 0 Å². The number of nitrogens with one attached hydrogen (secondary N) is 2. The minimum atomic E-state index is -0.740. The zero-order valence-electron chi connectivity index (χ0n) is 15.2. The molecule has 2 aromatic rings. The van der Waals surface area contributed by atoms with Gasteiger partial charge in [0.25, 0.3) is 5.91 Å². The van der Waals surface area contributed by atoms with E-state index in [1.807, 2.05) is 54.6 Å². The van der Waals surface area contributed by atoms with Crippen molar-refractivity contribution in [2.75, 3.05) is 25.0 Å². The molecule has 2 aromatic carbocycles. The highest BCUT2D eigenvalue weighted by atomic mass is 16.5. The summed E-state index contributed by atoms with van der Waals surface area (Å²) in [6, 6.07) is 16.6. The fourth-order valence-corrected chi connectivity index (χ4v) is 3.46. The lowest BCUT2D eigenvalue weighted by molar-refractivity contribution is -0.132. The van der Waals surface area contributed by atoms with Crippen molar-refractivity contribution < 1.29 is 14.3 Å². The number of ether oxygens (including phenoxy) is 1. The average molecular weight is 365 g/mol. The van der Waals surface area contributed by atoms with Crippen LogP contribution in [0.15, 0.2) is 54.6 Å². The van der Waals surface area contributed by atoms with Crippen molar-refractivity contribution in [3.63, 3.8) is 0 Å². The van der Waals surface area contributed by atoms with Gasteiger partial charge in [-0.1, -0.05) is 42.5 Å². The van der Waals surface area contributed by atoms with Gasteiger partial charge in [0.2, 0.25) is 5.91 Å². The Bertz CT molecular complexity index is 836. The molecule has 1 saturated heterocycles. The lowest BCUT2D eigenvalue weighted by atomic mass is 9.98. The first-order valence-corrected chi connectivity index (χ1v) is 9.22. The lowest BCUT2D eigenvalue weighted by Gasteiger charge is -2.31. The van der Waals surface area contributed by atoms with Crippen LogP contribution < -0.4 is 20.3 Å². The predicted octanol–water partition coefficient (Wildman–Crippen LogP) is 1.36. The molecule has 2 heterocycles. The Hall–Kier alpha value is -2.86. The van der Waals surface area contributed by atoms with E-state index in [0.717, 1.165) is 5.56 Å². The van der Waals surface area contributed by atoms with E-state index in [4.69, 9.17) is 4.74 Å². The van der Waals surface area contributed by atoms with Crippen LogP contribution in [0.25, 0.3) is 0 Å². The number of carbonyl (C=O) groups is 2. The molecule has 4 rings (SSSR count). The van der Waals surface area contributed by atoms with E-state index in [-0.39, 0.29) is 17.7 Å². The van der Waals surface area contributed by atoms with Gasteiger partial charge < -0.3 is 20.3 Å². The van der Waals surface area contributed by atoms with Gasteiger partial charge in [-0.25, -0.2) is 0 Å². The first-order valence-electron chi connectivity index (χ1n) is 9.22. The van der Waals surface area contributed by atoms with Crippen molar-refractivity contribution in [1.82, 2.24) is 10.6 Å². The molecular formula is C21H23N3O3. The summed E-state index contributed by atoms with van der Waals surface area (Å²) in [6.45, 7) is 1.29. The molecular weight excluding hydrogens is 342 g/mol. The standard InChI is InChI=1S/C21H23N3O3/c1-24-16-9-5-6-10-17(16)27-18(11-14-7-3-2-4-8-14)19(21(24)26)23-20(25)15-12-22-13-15/h2-10,15,18-19,22H,11-13H2,1H3,(H,23,25)/t18-,19-/m0/s1. The molecule has 27 heavy (non-hydrogen) atoms. The number of fused-ring (bicyclic) bond motifs is 1. The first-order chi connectivity index (χ1) is 13.1. The van der Waals surface area contributed by atoms with Gasteiger partial charge in [-0.05, 0) is 17.7 Å². The Labute approximate surface area is 158 Å². The van der Waals surface area contributed by atoms with Crippen LogP contribution in [-0.4, -0.2) is 44.1 Å².